The molecular weight excluding hydrogens is 190 g/mol. The van der Waals surface area contributed by atoms with Gasteiger partial charge in [-0.3, -0.25) is 4.79 Å². The van der Waals surface area contributed by atoms with Crippen molar-refractivity contribution in [1.29, 1.82) is 0 Å². The van der Waals surface area contributed by atoms with Gasteiger partial charge in [0.25, 0.3) is 0 Å². The molecule has 1 aromatic carbocycles. The second-order valence-corrected chi connectivity index (χ2v) is 3.11. The van der Waals surface area contributed by atoms with Gasteiger partial charge >= 0.3 is 0 Å². The van der Waals surface area contributed by atoms with Crippen LogP contribution in [0.1, 0.15) is 16.8 Å². The van der Waals surface area contributed by atoms with Crippen LogP contribution in [0.3, 0.4) is 0 Å². The van der Waals surface area contributed by atoms with Gasteiger partial charge in [-0.2, -0.15) is 0 Å². The number of benzene rings is 1. The lowest BCUT2D eigenvalue weighted by atomic mass is 10.0. The summed E-state index contributed by atoms with van der Waals surface area (Å²) in [5, 5.41) is 0. The van der Waals surface area contributed by atoms with Crippen molar-refractivity contribution in [3.63, 3.8) is 0 Å². The quantitative estimate of drug-likeness (QED) is 0.591. The number of ketones is 1. The van der Waals surface area contributed by atoms with Gasteiger partial charge in [0.15, 0.2) is 5.78 Å². The highest BCUT2D eigenvalue weighted by Crippen LogP contribution is 2.14. The Bertz CT molecular complexity index is 393. The maximum atomic E-state index is 11.7. The molecule has 15 heavy (non-hydrogen) atoms. The Balaban J connectivity index is 2.87. The smallest absolute Gasteiger partial charge is 0.180 e. The summed E-state index contributed by atoms with van der Waals surface area (Å²) in [4.78, 5) is 11.7. The molecule has 1 atom stereocenters. The molecule has 0 bridgehead atoms. The van der Waals surface area contributed by atoms with Crippen LogP contribution in [0.5, 0.6) is 5.75 Å². The number of Topliss-reactive ketones (excluding diaryl/α,β-unsaturated/α-hetero) is 1. The highest BCUT2D eigenvalue weighted by molar-refractivity contribution is 6.00. The van der Waals surface area contributed by atoms with Crippen LogP contribution < -0.4 is 10.5 Å². The van der Waals surface area contributed by atoms with Crippen molar-refractivity contribution >= 4 is 5.78 Å². The van der Waals surface area contributed by atoms with E-state index in [1.54, 1.807) is 31.4 Å². The molecule has 0 heterocycles. The zero-order valence-corrected chi connectivity index (χ0v) is 8.57. The van der Waals surface area contributed by atoms with Gasteiger partial charge in [-0.05, 0) is 12.1 Å². The fourth-order valence-electron chi connectivity index (χ4n) is 1.21. The zero-order valence-electron chi connectivity index (χ0n) is 8.57. The first-order valence-electron chi connectivity index (χ1n) is 4.56. The number of nitrogens with two attached hydrogens (primary N) is 1. The molecule has 0 aliphatic rings. The van der Waals surface area contributed by atoms with Crippen molar-refractivity contribution in [3.05, 3.63) is 29.8 Å². The number of rotatable bonds is 4. The highest BCUT2D eigenvalue weighted by atomic mass is 16.5. The van der Waals surface area contributed by atoms with Crippen LogP contribution in [0.25, 0.3) is 0 Å². The van der Waals surface area contributed by atoms with Crippen LogP contribution >= 0.6 is 0 Å². The van der Waals surface area contributed by atoms with Crippen molar-refractivity contribution in [3.8, 4) is 18.1 Å². The Morgan fingerprint density at radius 1 is 1.67 bits per heavy atom. The minimum absolute atomic E-state index is 0.160. The lowest BCUT2D eigenvalue weighted by Gasteiger charge is -2.08. The number of carbonyl (C=O) groups is 1. The van der Waals surface area contributed by atoms with Crippen LogP contribution in [0, 0.1) is 12.3 Å². The van der Waals surface area contributed by atoms with E-state index in [4.69, 9.17) is 16.9 Å². The molecular formula is C12H13NO2. The summed E-state index contributed by atoms with van der Waals surface area (Å²) in [6.45, 7) is 0. The number of ether oxygens (including phenoxy) is 1. The topological polar surface area (TPSA) is 52.3 Å². The molecule has 0 fully saturated rings. The maximum absolute atomic E-state index is 11.7. The van der Waals surface area contributed by atoms with Crippen molar-refractivity contribution < 1.29 is 9.53 Å². The van der Waals surface area contributed by atoms with E-state index in [0.717, 1.165) is 0 Å². The number of methoxy groups -OCH3 is 1. The maximum Gasteiger partial charge on any atom is 0.180 e. The van der Waals surface area contributed by atoms with Gasteiger partial charge in [-0.1, -0.05) is 12.1 Å². The van der Waals surface area contributed by atoms with Crippen molar-refractivity contribution in [1.82, 2.24) is 0 Å². The Kier molecular flexibility index (Phi) is 3.90. The molecule has 1 unspecified atom stereocenters. The molecule has 0 radical (unpaired) electrons. The monoisotopic (exact) mass is 203 g/mol. The third-order valence-electron chi connectivity index (χ3n) is 2.03. The predicted molar refractivity (Wildman–Crippen MR) is 58.7 cm³/mol. The summed E-state index contributed by atoms with van der Waals surface area (Å²) in [5.41, 5.74) is 6.14. The first-order valence-corrected chi connectivity index (χ1v) is 4.56. The first-order chi connectivity index (χ1) is 7.19. The molecule has 0 spiro atoms. The van der Waals surface area contributed by atoms with Gasteiger partial charge < -0.3 is 10.5 Å². The lowest BCUT2D eigenvalue weighted by Crippen LogP contribution is -2.29. The van der Waals surface area contributed by atoms with Gasteiger partial charge in [0.2, 0.25) is 0 Å². The van der Waals surface area contributed by atoms with E-state index in [1.165, 1.54) is 0 Å². The second-order valence-electron chi connectivity index (χ2n) is 3.11. The Labute approximate surface area is 89.2 Å². The van der Waals surface area contributed by atoms with Crippen LogP contribution in [0.2, 0.25) is 0 Å². The summed E-state index contributed by atoms with van der Waals surface area (Å²) < 4.78 is 5.01. The largest absolute Gasteiger partial charge is 0.497 e. The molecule has 0 amide bonds. The summed E-state index contributed by atoms with van der Waals surface area (Å²) >= 11 is 0. The second kappa shape index (κ2) is 5.18. The first kappa shape index (κ1) is 11.3. The number of carbonyl (C=O) groups excluding carboxylic acids is 1. The summed E-state index contributed by atoms with van der Waals surface area (Å²) in [6.07, 6.45) is 5.34. The van der Waals surface area contributed by atoms with Crippen LogP contribution in [-0.2, 0) is 0 Å². The van der Waals surface area contributed by atoms with Crippen molar-refractivity contribution in [2.24, 2.45) is 5.73 Å². The summed E-state index contributed by atoms with van der Waals surface area (Å²) in [7, 11) is 1.55. The van der Waals surface area contributed by atoms with Gasteiger partial charge in [0, 0.05) is 12.0 Å². The summed E-state index contributed by atoms with van der Waals surface area (Å²) in [6, 6.07) is 6.22. The SMILES string of the molecule is C#CCC(N)C(=O)c1cccc(OC)c1. The van der Waals surface area contributed by atoms with E-state index in [9.17, 15) is 4.79 Å². The zero-order chi connectivity index (χ0) is 11.3. The average molecular weight is 203 g/mol. The molecule has 0 aromatic heterocycles. The van der Waals surface area contributed by atoms with E-state index in [2.05, 4.69) is 5.92 Å². The molecule has 0 aliphatic heterocycles. The fraction of sp³-hybridized carbons (Fsp3) is 0.250. The average Bonchev–Trinajstić information content (AvgIpc) is 2.28. The van der Waals surface area contributed by atoms with Crippen molar-refractivity contribution in [2.75, 3.05) is 7.11 Å². The molecule has 1 rings (SSSR count). The van der Waals surface area contributed by atoms with E-state index in [-0.39, 0.29) is 12.2 Å². The Morgan fingerprint density at radius 2 is 2.40 bits per heavy atom. The predicted octanol–water partition coefficient (Wildman–Crippen LogP) is 1.23. The normalized spacial score (nSPS) is 11.5. The summed E-state index contributed by atoms with van der Waals surface area (Å²) in [5.74, 6) is 2.84. The van der Waals surface area contributed by atoms with Gasteiger partial charge in [0.05, 0.1) is 13.2 Å². The Morgan fingerprint density at radius 3 is 3.00 bits per heavy atom. The third kappa shape index (κ3) is 2.83. The number of hydrogen-bond donors (Lipinski definition) is 1. The van der Waals surface area contributed by atoms with E-state index < -0.39 is 6.04 Å². The molecule has 0 aliphatic carbocycles. The van der Waals surface area contributed by atoms with Crippen LogP contribution in [-0.4, -0.2) is 18.9 Å². The molecule has 2 N–H and O–H groups in total. The fourth-order valence-corrected chi connectivity index (χ4v) is 1.21. The van der Waals surface area contributed by atoms with Crippen LogP contribution in [0.4, 0.5) is 0 Å². The van der Waals surface area contributed by atoms with E-state index in [1.807, 2.05) is 0 Å². The third-order valence-corrected chi connectivity index (χ3v) is 2.03. The number of terminal acetylenes is 1. The lowest BCUT2D eigenvalue weighted by molar-refractivity contribution is 0.0962. The van der Waals surface area contributed by atoms with Gasteiger partial charge in [-0.25, -0.2) is 0 Å². The van der Waals surface area contributed by atoms with Crippen molar-refractivity contribution in [2.45, 2.75) is 12.5 Å². The Hall–Kier alpha value is -1.79. The molecule has 0 saturated heterocycles. The molecule has 1 aromatic rings. The number of hydrogen-bond acceptors (Lipinski definition) is 3. The standard InChI is InChI=1S/C12H13NO2/c1-3-5-11(13)12(14)9-6-4-7-10(8-9)15-2/h1,4,6-8,11H,5,13H2,2H3. The molecule has 3 nitrogen and oxygen atoms in total. The van der Waals surface area contributed by atoms with Gasteiger partial charge in [-0.15, -0.1) is 12.3 Å². The van der Waals surface area contributed by atoms with E-state index in [0.29, 0.717) is 11.3 Å². The minimum Gasteiger partial charge on any atom is -0.497 e. The van der Waals surface area contributed by atoms with Gasteiger partial charge in [0.1, 0.15) is 5.75 Å². The van der Waals surface area contributed by atoms with Crippen LogP contribution in [0.15, 0.2) is 24.3 Å². The molecule has 0 saturated carbocycles. The highest BCUT2D eigenvalue weighted by Gasteiger charge is 2.14. The molecule has 3 heteroatoms. The van der Waals surface area contributed by atoms with E-state index >= 15 is 0 Å². The molecule has 78 valence electrons. The minimum atomic E-state index is -0.637.